The van der Waals surface area contributed by atoms with Crippen LogP contribution in [0.25, 0.3) is 10.9 Å². The number of rotatable bonds is 7. The van der Waals surface area contributed by atoms with Crippen molar-refractivity contribution >= 4 is 22.8 Å². The fourth-order valence-electron chi connectivity index (χ4n) is 4.40. The fourth-order valence-corrected chi connectivity index (χ4v) is 4.40. The van der Waals surface area contributed by atoms with E-state index in [0.29, 0.717) is 23.4 Å². The van der Waals surface area contributed by atoms with E-state index in [1.165, 1.54) is 7.11 Å². The minimum atomic E-state index is -0.376. The molecule has 6 heteroatoms. The van der Waals surface area contributed by atoms with Gasteiger partial charge in [0.2, 0.25) is 0 Å². The van der Waals surface area contributed by atoms with Gasteiger partial charge in [-0.15, -0.1) is 0 Å². The normalized spacial score (nSPS) is 17.2. The van der Waals surface area contributed by atoms with Crippen molar-refractivity contribution in [2.45, 2.75) is 13.5 Å². The van der Waals surface area contributed by atoms with E-state index in [1.807, 2.05) is 73.8 Å². The Morgan fingerprint density at radius 2 is 1.88 bits per heavy atom. The molecule has 1 N–H and O–H groups in total. The molecule has 0 saturated heterocycles. The van der Waals surface area contributed by atoms with E-state index in [2.05, 4.69) is 16.5 Å². The summed E-state index contributed by atoms with van der Waals surface area (Å²) in [5, 5.41) is 3.96. The zero-order valence-corrected chi connectivity index (χ0v) is 19.6. The number of hydrogen-bond acceptors (Lipinski definition) is 4. The Bertz CT molecular complexity index is 1310. The first-order valence-corrected chi connectivity index (χ1v) is 11.1. The highest BCUT2D eigenvalue weighted by atomic mass is 16.5. The molecule has 3 aromatic rings. The van der Waals surface area contributed by atoms with Crippen LogP contribution in [0.2, 0.25) is 0 Å². The standard InChI is InChI=1S/C28H28N2O4/c1-18-16-21(28(32)34-4)12-13-23(18)19(2)29-27(31)24-10-7-9-20-14-15-30(26(20)24)17-22-8-5-6-11-25(22)33-3/h5-16,18,23H,2,17H2,1,3-4H3,(H,29,31)/t18?,23-/m1/s1. The Balaban J connectivity index is 1.57. The maximum atomic E-state index is 13.3. The molecule has 1 aliphatic rings. The lowest BCUT2D eigenvalue weighted by molar-refractivity contribution is -0.135. The predicted molar refractivity (Wildman–Crippen MR) is 133 cm³/mol. The van der Waals surface area contributed by atoms with Crippen LogP contribution in [0.5, 0.6) is 5.75 Å². The average molecular weight is 457 g/mol. The number of hydrogen-bond donors (Lipinski definition) is 1. The number of carbonyl (C=O) groups excluding carboxylic acids is 2. The van der Waals surface area contributed by atoms with Crippen LogP contribution in [-0.2, 0) is 16.1 Å². The molecular formula is C28H28N2O4. The average Bonchev–Trinajstić information content (AvgIpc) is 3.26. The molecule has 1 aliphatic carbocycles. The minimum absolute atomic E-state index is 0.0166. The number of aromatic nitrogens is 1. The summed E-state index contributed by atoms with van der Waals surface area (Å²) in [7, 11) is 3.01. The predicted octanol–water partition coefficient (Wildman–Crippen LogP) is 4.86. The summed E-state index contributed by atoms with van der Waals surface area (Å²) in [6.07, 6.45) is 7.41. The topological polar surface area (TPSA) is 69.6 Å². The van der Waals surface area contributed by atoms with E-state index in [-0.39, 0.29) is 23.7 Å². The molecule has 174 valence electrons. The van der Waals surface area contributed by atoms with Crippen molar-refractivity contribution in [2.24, 2.45) is 11.8 Å². The van der Waals surface area contributed by atoms with Gasteiger partial charge in [0.05, 0.1) is 37.4 Å². The van der Waals surface area contributed by atoms with Crippen LogP contribution in [0.3, 0.4) is 0 Å². The van der Waals surface area contributed by atoms with Crippen molar-refractivity contribution in [3.05, 3.63) is 102 Å². The maximum absolute atomic E-state index is 13.3. The van der Waals surface area contributed by atoms with Gasteiger partial charge in [0.15, 0.2) is 0 Å². The first kappa shape index (κ1) is 23.1. The Morgan fingerprint density at radius 1 is 1.09 bits per heavy atom. The van der Waals surface area contributed by atoms with Crippen LogP contribution in [0, 0.1) is 11.8 Å². The molecule has 2 atom stereocenters. The van der Waals surface area contributed by atoms with E-state index in [1.54, 1.807) is 13.2 Å². The molecule has 4 rings (SSSR count). The van der Waals surface area contributed by atoms with Gasteiger partial charge in [-0.2, -0.15) is 0 Å². The molecular weight excluding hydrogens is 428 g/mol. The summed E-state index contributed by atoms with van der Waals surface area (Å²) in [5.74, 6) is 0.0590. The van der Waals surface area contributed by atoms with Crippen LogP contribution in [-0.4, -0.2) is 30.7 Å². The number of methoxy groups -OCH3 is 2. The molecule has 1 aromatic heterocycles. The quantitative estimate of drug-likeness (QED) is 0.516. The maximum Gasteiger partial charge on any atom is 0.337 e. The summed E-state index contributed by atoms with van der Waals surface area (Å²) in [6.45, 7) is 6.66. The molecule has 6 nitrogen and oxygen atoms in total. The highest BCUT2D eigenvalue weighted by molar-refractivity contribution is 6.06. The number of nitrogens with zero attached hydrogens (tertiary/aromatic N) is 1. The third-order valence-corrected chi connectivity index (χ3v) is 6.16. The Hall–Kier alpha value is -4.06. The van der Waals surface area contributed by atoms with Gasteiger partial charge >= 0.3 is 5.97 Å². The van der Waals surface area contributed by atoms with Crippen molar-refractivity contribution < 1.29 is 19.1 Å². The van der Waals surface area contributed by atoms with E-state index in [9.17, 15) is 9.59 Å². The van der Waals surface area contributed by atoms with Crippen molar-refractivity contribution in [3.63, 3.8) is 0 Å². The molecule has 0 bridgehead atoms. The van der Waals surface area contributed by atoms with Gasteiger partial charge in [-0.05, 0) is 24.1 Å². The number of ether oxygens (including phenoxy) is 2. The van der Waals surface area contributed by atoms with Crippen LogP contribution < -0.4 is 10.1 Å². The highest BCUT2D eigenvalue weighted by Crippen LogP contribution is 2.29. The second-order valence-corrected chi connectivity index (χ2v) is 8.34. The van der Waals surface area contributed by atoms with Gasteiger partial charge in [0, 0.05) is 28.8 Å². The summed E-state index contributed by atoms with van der Waals surface area (Å²) in [4.78, 5) is 25.1. The van der Waals surface area contributed by atoms with Gasteiger partial charge in [0.1, 0.15) is 5.75 Å². The van der Waals surface area contributed by atoms with Gasteiger partial charge in [-0.3, -0.25) is 4.79 Å². The lowest BCUT2D eigenvalue weighted by atomic mass is 9.85. The molecule has 0 aliphatic heterocycles. The lowest BCUT2D eigenvalue weighted by Gasteiger charge is -2.25. The molecule has 0 radical (unpaired) electrons. The SMILES string of the molecule is C=C(NC(=O)c1cccc2ccn(Cc3ccccc3OC)c12)[C@@H]1C=CC(C(=O)OC)=CC1C. The van der Waals surface area contributed by atoms with Crippen LogP contribution >= 0.6 is 0 Å². The van der Waals surface area contributed by atoms with Crippen molar-refractivity contribution in [2.75, 3.05) is 14.2 Å². The Kier molecular flexibility index (Phi) is 6.68. The van der Waals surface area contributed by atoms with Crippen molar-refractivity contribution in [1.29, 1.82) is 0 Å². The number of benzene rings is 2. The number of allylic oxidation sites excluding steroid dienone is 2. The largest absolute Gasteiger partial charge is 0.496 e. The third-order valence-electron chi connectivity index (χ3n) is 6.16. The minimum Gasteiger partial charge on any atom is -0.496 e. The van der Waals surface area contributed by atoms with Crippen LogP contribution in [0.1, 0.15) is 22.8 Å². The van der Waals surface area contributed by atoms with E-state index in [0.717, 1.165) is 22.2 Å². The number of nitrogens with one attached hydrogen (secondary N) is 1. The summed E-state index contributed by atoms with van der Waals surface area (Å²) < 4.78 is 12.4. The number of fused-ring (bicyclic) bond motifs is 1. The second kappa shape index (κ2) is 9.83. The number of carbonyl (C=O) groups is 2. The molecule has 1 heterocycles. The molecule has 0 fully saturated rings. The van der Waals surface area contributed by atoms with Crippen molar-refractivity contribution in [1.82, 2.24) is 9.88 Å². The zero-order valence-electron chi connectivity index (χ0n) is 19.6. The van der Waals surface area contributed by atoms with Crippen LogP contribution in [0.15, 0.2) is 90.8 Å². The molecule has 1 unspecified atom stereocenters. The van der Waals surface area contributed by atoms with E-state index < -0.39 is 0 Å². The van der Waals surface area contributed by atoms with E-state index >= 15 is 0 Å². The molecule has 1 amide bonds. The fraction of sp³-hybridized carbons (Fsp3) is 0.214. The Labute approximate surface area is 199 Å². The third kappa shape index (κ3) is 4.53. The van der Waals surface area contributed by atoms with Gasteiger partial charge in [0.25, 0.3) is 5.91 Å². The second-order valence-electron chi connectivity index (χ2n) is 8.34. The summed E-state index contributed by atoms with van der Waals surface area (Å²) in [6, 6.07) is 15.5. The van der Waals surface area contributed by atoms with Crippen molar-refractivity contribution in [3.8, 4) is 5.75 Å². The summed E-state index contributed by atoms with van der Waals surface area (Å²) in [5.41, 5.74) is 3.52. The molecule has 34 heavy (non-hydrogen) atoms. The monoisotopic (exact) mass is 456 g/mol. The summed E-state index contributed by atoms with van der Waals surface area (Å²) >= 11 is 0. The molecule has 0 spiro atoms. The van der Waals surface area contributed by atoms with Crippen LogP contribution in [0.4, 0.5) is 0 Å². The first-order chi connectivity index (χ1) is 16.4. The lowest BCUT2D eigenvalue weighted by Crippen LogP contribution is -2.29. The van der Waals surface area contributed by atoms with E-state index in [4.69, 9.17) is 9.47 Å². The Morgan fingerprint density at radius 3 is 2.62 bits per heavy atom. The zero-order chi connectivity index (χ0) is 24.2. The molecule has 2 aromatic carbocycles. The van der Waals surface area contributed by atoms with Gasteiger partial charge < -0.3 is 19.4 Å². The number of esters is 1. The number of para-hydroxylation sites is 2. The first-order valence-electron chi connectivity index (χ1n) is 11.1. The smallest absolute Gasteiger partial charge is 0.337 e. The highest BCUT2D eigenvalue weighted by Gasteiger charge is 2.24. The molecule has 0 saturated carbocycles. The van der Waals surface area contributed by atoms with Gasteiger partial charge in [-0.1, -0.05) is 62.1 Å². The van der Waals surface area contributed by atoms with Gasteiger partial charge in [-0.25, -0.2) is 4.79 Å². The number of amides is 1.